The molecule has 21 heavy (non-hydrogen) atoms. The van der Waals surface area contributed by atoms with Crippen LogP contribution in [0, 0.1) is 5.92 Å². The lowest BCUT2D eigenvalue weighted by Crippen LogP contribution is -2.47. The summed E-state index contributed by atoms with van der Waals surface area (Å²) in [7, 11) is 0. The van der Waals surface area contributed by atoms with E-state index < -0.39 is 0 Å². The van der Waals surface area contributed by atoms with Crippen LogP contribution in [0.5, 0.6) is 0 Å². The van der Waals surface area contributed by atoms with Crippen LogP contribution >= 0.6 is 0 Å². The van der Waals surface area contributed by atoms with E-state index in [1.54, 1.807) is 0 Å². The molecule has 0 aromatic heterocycles. The van der Waals surface area contributed by atoms with Gasteiger partial charge >= 0.3 is 0 Å². The van der Waals surface area contributed by atoms with Crippen molar-refractivity contribution in [3.63, 3.8) is 0 Å². The molecule has 4 heteroatoms. The second-order valence-corrected chi connectivity index (χ2v) is 7.39. The summed E-state index contributed by atoms with van der Waals surface area (Å²) in [5.41, 5.74) is 5.95. The zero-order valence-corrected chi connectivity index (χ0v) is 13.3. The van der Waals surface area contributed by atoms with Crippen LogP contribution in [0.3, 0.4) is 0 Å². The topological polar surface area (TPSA) is 49.6 Å². The van der Waals surface area contributed by atoms with Gasteiger partial charge in [-0.2, -0.15) is 0 Å². The van der Waals surface area contributed by atoms with E-state index in [0.29, 0.717) is 24.5 Å². The van der Waals surface area contributed by atoms with Crippen molar-refractivity contribution in [2.45, 2.75) is 69.9 Å². The second kappa shape index (κ2) is 7.10. The molecule has 0 bridgehead atoms. The van der Waals surface area contributed by atoms with Crippen molar-refractivity contribution >= 4 is 5.91 Å². The Morgan fingerprint density at radius 1 is 1.00 bits per heavy atom. The van der Waals surface area contributed by atoms with Crippen molar-refractivity contribution in [3.8, 4) is 0 Å². The molecule has 0 radical (unpaired) electrons. The van der Waals surface area contributed by atoms with Gasteiger partial charge in [0.1, 0.15) is 0 Å². The molecular formula is C17H31N3O. The lowest BCUT2D eigenvalue weighted by atomic mass is 9.89. The van der Waals surface area contributed by atoms with Gasteiger partial charge in [0.05, 0.1) is 6.54 Å². The van der Waals surface area contributed by atoms with Crippen LogP contribution in [0.25, 0.3) is 0 Å². The molecule has 2 saturated carbocycles. The van der Waals surface area contributed by atoms with Crippen LogP contribution in [0.4, 0.5) is 0 Å². The Morgan fingerprint density at radius 2 is 1.67 bits per heavy atom. The minimum absolute atomic E-state index is 0.345. The first-order valence-electron chi connectivity index (χ1n) is 9.00. The minimum Gasteiger partial charge on any atom is -0.338 e. The third-order valence-electron chi connectivity index (χ3n) is 5.48. The highest BCUT2D eigenvalue weighted by Crippen LogP contribution is 2.31. The molecule has 0 aromatic carbocycles. The van der Waals surface area contributed by atoms with E-state index in [1.807, 2.05) is 0 Å². The predicted octanol–water partition coefficient (Wildman–Crippen LogP) is 1.98. The maximum atomic E-state index is 12.7. The van der Waals surface area contributed by atoms with Gasteiger partial charge in [0.2, 0.25) is 5.91 Å². The standard InChI is InChI=1S/C17H31N3O/c18-15-8-10-19(11-9-15)13-17(21)20(16-6-7-16)12-14-4-2-1-3-5-14/h14-16H,1-13,18H2. The molecule has 3 rings (SSSR count). The first-order chi connectivity index (χ1) is 10.2. The van der Waals surface area contributed by atoms with Crippen molar-refractivity contribution in [1.29, 1.82) is 0 Å². The van der Waals surface area contributed by atoms with Gasteiger partial charge in [-0.05, 0) is 44.4 Å². The average Bonchev–Trinajstić information content (AvgIpc) is 3.33. The number of nitrogens with two attached hydrogens (primary N) is 1. The third kappa shape index (κ3) is 4.43. The van der Waals surface area contributed by atoms with Crippen LogP contribution in [0.15, 0.2) is 0 Å². The minimum atomic E-state index is 0.345. The van der Waals surface area contributed by atoms with Crippen molar-refractivity contribution in [2.75, 3.05) is 26.2 Å². The summed E-state index contributed by atoms with van der Waals surface area (Å²) in [4.78, 5) is 17.2. The molecule has 3 aliphatic rings. The van der Waals surface area contributed by atoms with Gasteiger partial charge < -0.3 is 10.6 Å². The highest BCUT2D eigenvalue weighted by Gasteiger charge is 2.34. The molecule has 0 aromatic rings. The Balaban J connectivity index is 1.49. The molecule has 4 nitrogen and oxygen atoms in total. The molecule has 1 saturated heterocycles. The molecular weight excluding hydrogens is 262 g/mol. The number of carbonyl (C=O) groups excluding carboxylic acids is 1. The van der Waals surface area contributed by atoms with E-state index >= 15 is 0 Å². The molecule has 0 spiro atoms. The summed E-state index contributed by atoms with van der Waals surface area (Å²) >= 11 is 0. The number of hydrogen-bond donors (Lipinski definition) is 1. The Kier molecular flexibility index (Phi) is 5.17. The monoisotopic (exact) mass is 293 g/mol. The summed E-state index contributed by atoms with van der Waals surface area (Å²) in [5, 5.41) is 0. The van der Waals surface area contributed by atoms with E-state index in [9.17, 15) is 4.79 Å². The SMILES string of the molecule is NC1CCN(CC(=O)N(CC2CCCCC2)C2CC2)CC1. The molecule has 120 valence electrons. The smallest absolute Gasteiger partial charge is 0.237 e. The van der Waals surface area contributed by atoms with Crippen LogP contribution in [0.1, 0.15) is 57.8 Å². The number of hydrogen-bond acceptors (Lipinski definition) is 3. The first kappa shape index (κ1) is 15.3. The van der Waals surface area contributed by atoms with Crippen molar-refractivity contribution in [1.82, 2.24) is 9.80 Å². The molecule has 1 heterocycles. The van der Waals surface area contributed by atoms with Crippen molar-refractivity contribution in [2.24, 2.45) is 11.7 Å². The fraction of sp³-hybridized carbons (Fsp3) is 0.941. The molecule has 2 N–H and O–H groups in total. The Hall–Kier alpha value is -0.610. The van der Waals surface area contributed by atoms with Gasteiger partial charge in [0.25, 0.3) is 0 Å². The Morgan fingerprint density at radius 3 is 2.29 bits per heavy atom. The lowest BCUT2D eigenvalue weighted by molar-refractivity contribution is -0.134. The lowest BCUT2D eigenvalue weighted by Gasteiger charge is -2.34. The van der Waals surface area contributed by atoms with Crippen LogP contribution in [0.2, 0.25) is 0 Å². The van der Waals surface area contributed by atoms with Gasteiger partial charge in [-0.1, -0.05) is 19.3 Å². The molecule has 3 fully saturated rings. The maximum absolute atomic E-state index is 12.7. The Labute approximate surface area is 129 Å². The number of likely N-dealkylation sites (tertiary alicyclic amines) is 1. The van der Waals surface area contributed by atoms with Crippen LogP contribution in [-0.2, 0) is 4.79 Å². The third-order valence-corrected chi connectivity index (χ3v) is 5.48. The van der Waals surface area contributed by atoms with Crippen LogP contribution in [-0.4, -0.2) is 54.0 Å². The zero-order valence-electron chi connectivity index (χ0n) is 13.3. The number of nitrogens with zero attached hydrogens (tertiary/aromatic N) is 2. The molecule has 2 aliphatic carbocycles. The highest BCUT2D eigenvalue weighted by atomic mass is 16.2. The largest absolute Gasteiger partial charge is 0.338 e. The summed E-state index contributed by atoms with van der Waals surface area (Å²) in [5.74, 6) is 1.14. The van der Waals surface area contributed by atoms with E-state index in [-0.39, 0.29) is 0 Å². The summed E-state index contributed by atoms with van der Waals surface area (Å²) < 4.78 is 0. The molecule has 0 atom stereocenters. The highest BCUT2D eigenvalue weighted by molar-refractivity contribution is 5.79. The summed E-state index contributed by atoms with van der Waals surface area (Å²) in [6.07, 6.45) is 11.3. The fourth-order valence-electron chi connectivity index (χ4n) is 3.88. The van der Waals surface area contributed by atoms with Gasteiger partial charge in [0.15, 0.2) is 0 Å². The van der Waals surface area contributed by atoms with E-state index in [4.69, 9.17) is 5.73 Å². The normalized spacial score (nSPS) is 26.0. The fourth-order valence-corrected chi connectivity index (χ4v) is 3.88. The first-order valence-corrected chi connectivity index (χ1v) is 9.00. The van der Waals surface area contributed by atoms with Crippen LogP contribution < -0.4 is 5.73 Å². The predicted molar refractivity (Wildman–Crippen MR) is 85.0 cm³/mol. The van der Waals surface area contributed by atoms with E-state index in [1.165, 1.54) is 44.9 Å². The molecule has 1 aliphatic heterocycles. The summed E-state index contributed by atoms with van der Waals surface area (Å²) in [6.45, 7) is 3.64. The molecule has 1 amide bonds. The van der Waals surface area contributed by atoms with E-state index in [2.05, 4.69) is 9.80 Å². The van der Waals surface area contributed by atoms with E-state index in [0.717, 1.165) is 38.4 Å². The average molecular weight is 293 g/mol. The van der Waals surface area contributed by atoms with Crippen molar-refractivity contribution < 1.29 is 4.79 Å². The summed E-state index contributed by atoms with van der Waals surface area (Å²) in [6, 6.07) is 0.907. The van der Waals surface area contributed by atoms with Gasteiger partial charge in [-0.3, -0.25) is 9.69 Å². The second-order valence-electron chi connectivity index (χ2n) is 7.39. The number of piperidine rings is 1. The van der Waals surface area contributed by atoms with Gasteiger partial charge in [-0.25, -0.2) is 0 Å². The zero-order chi connectivity index (χ0) is 14.7. The molecule has 0 unspecified atom stereocenters. The van der Waals surface area contributed by atoms with Gasteiger partial charge in [0, 0.05) is 31.7 Å². The van der Waals surface area contributed by atoms with Gasteiger partial charge in [-0.15, -0.1) is 0 Å². The Bertz CT molecular complexity index is 342. The number of amides is 1. The maximum Gasteiger partial charge on any atom is 0.237 e. The van der Waals surface area contributed by atoms with Crippen molar-refractivity contribution in [3.05, 3.63) is 0 Å². The quantitative estimate of drug-likeness (QED) is 0.843. The number of carbonyl (C=O) groups is 1. The number of rotatable bonds is 5.